The molecule has 0 bridgehead atoms. The van der Waals surface area contributed by atoms with Crippen molar-refractivity contribution < 1.29 is 0 Å². The van der Waals surface area contributed by atoms with Crippen molar-refractivity contribution in [3.05, 3.63) is 273 Å². The summed E-state index contributed by atoms with van der Waals surface area (Å²) >= 11 is 0. The molecule has 1 heterocycles. The molecule has 3 heteroatoms. The molecule has 3 nitrogen and oxygen atoms in total. The molecule has 0 radical (unpaired) electrons. The predicted octanol–water partition coefficient (Wildman–Crippen LogP) is 17.3. The van der Waals surface area contributed by atoms with Crippen LogP contribution in [-0.2, 0) is 0 Å². The second-order valence-electron chi connectivity index (χ2n) is 16.6. The van der Waals surface area contributed by atoms with Crippen LogP contribution in [0.4, 0.5) is 17.1 Å². The Kier molecular flexibility index (Phi) is 11.4. The Bertz CT molecular complexity index is 3250. The molecule has 0 aliphatic rings. The molecule has 0 unspecified atom stereocenters. The Balaban J connectivity index is 0.872. The van der Waals surface area contributed by atoms with Crippen molar-refractivity contribution in [3.63, 3.8) is 0 Å². The number of aromatic nitrogens is 2. The molecule has 10 aromatic carbocycles. The molecule has 0 aliphatic carbocycles. The third-order valence-corrected chi connectivity index (χ3v) is 12.4. The Hall–Kier alpha value is -8.92. The topological polar surface area (TPSA) is 29.0 Å². The van der Waals surface area contributed by atoms with Crippen molar-refractivity contribution in [1.29, 1.82) is 0 Å². The lowest BCUT2D eigenvalue weighted by Crippen LogP contribution is -2.09. The summed E-state index contributed by atoms with van der Waals surface area (Å²) in [5.41, 5.74) is 19.8. The highest BCUT2D eigenvalue weighted by atomic mass is 15.1. The van der Waals surface area contributed by atoms with E-state index in [9.17, 15) is 0 Å². The highest BCUT2D eigenvalue weighted by Crippen LogP contribution is 2.38. The van der Waals surface area contributed by atoms with Crippen LogP contribution in [0.25, 0.3) is 89.5 Å². The quantitative estimate of drug-likeness (QED) is 0.130. The minimum Gasteiger partial charge on any atom is -0.311 e. The number of hydrogen-bond donors (Lipinski definition) is 0. The SMILES string of the molecule is c1ccc(-c2ccc(-c3ccc(N(c4ccccc4)c4ccc(-c5ccc(-c6cc(-c7ccc(-c8ccccc8)cc7)nc(-c7ccc(-c8ccccc8)cc7)n6)cc5)cc4)cc3)cc2)cc1. The van der Waals surface area contributed by atoms with Gasteiger partial charge in [0.15, 0.2) is 5.82 Å². The summed E-state index contributed by atoms with van der Waals surface area (Å²) in [5, 5.41) is 0. The number of para-hydroxylation sites is 1. The first-order chi connectivity index (χ1) is 33.2. The zero-order chi connectivity index (χ0) is 44.8. The zero-order valence-electron chi connectivity index (χ0n) is 36.8. The van der Waals surface area contributed by atoms with E-state index in [2.05, 4.69) is 266 Å². The summed E-state index contributed by atoms with van der Waals surface area (Å²) in [4.78, 5) is 12.6. The van der Waals surface area contributed by atoms with Gasteiger partial charge >= 0.3 is 0 Å². The Morgan fingerprint density at radius 2 is 0.418 bits per heavy atom. The van der Waals surface area contributed by atoms with Gasteiger partial charge in [0.1, 0.15) is 0 Å². The molecule has 0 N–H and O–H groups in total. The van der Waals surface area contributed by atoms with Gasteiger partial charge in [-0.15, -0.1) is 0 Å². The van der Waals surface area contributed by atoms with Gasteiger partial charge in [-0.2, -0.15) is 0 Å². The normalized spacial score (nSPS) is 11.0. The van der Waals surface area contributed by atoms with Gasteiger partial charge in [-0.25, -0.2) is 9.97 Å². The molecule has 0 spiro atoms. The third-order valence-electron chi connectivity index (χ3n) is 12.4. The van der Waals surface area contributed by atoms with E-state index in [0.29, 0.717) is 5.82 Å². The van der Waals surface area contributed by atoms with Crippen molar-refractivity contribution >= 4 is 17.1 Å². The second-order valence-corrected chi connectivity index (χ2v) is 16.6. The molecule has 11 aromatic rings. The van der Waals surface area contributed by atoms with Crippen molar-refractivity contribution in [2.24, 2.45) is 0 Å². The van der Waals surface area contributed by atoms with Crippen LogP contribution >= 0.6 is 0 Å². The maximum atomic E-state index is 5.18. The molecule has 0 fully saturated rings. The standard InChI is InChI=1S/C64H45N3/c1-5-13-46(14-6-1)49-21-23-52(24-22-49)54-37-41-60(42-38-54)67(59-19-11-4-12-20-59)61-43-39-55(40-44-61)53-27-33-57(34-28-53)63-45-62(56-31-25-50(26-32-56)47-15-7-2-8-16-47)65-64(66-63)58-35-29-51(30-36-58)48-17-9-3-10-18-48/h1-45H. The van der Waals surface area contributed by atoms with E-state index in [1.54, 1.807) is 0 Å². The summed E-state index contributed by atoms with van der Waals surface area (Å²) in [5.74, 6) is 0.689. The highest BCUT2D eigenvalue weighted by Gasteiger charge is 2.15. The molecule has 11 rings (SSSR count). The summed E-state index contributed by atoms with van der Waals surface area (Å²) in [6, 6.07) is 96.5. The van der Waals surface area contributed by atoms with E-state index in [0.717, 1.165) is 61.8 Å². The highest BCUT2D eigenvalue weighted by molar-refractivity contribution is 5.81. The Labute approximate surface area is 392 Å². The Morgan fingerprint density at radius 3 is 0.731 bits per heavy atom. The van der Waals surface area contributed by atoms with Crippen molar-refractivity contribution in [2.75, 3.05) is 4.90 Å². The molecule has 0 atom stereocenters. The molecular formula is C64H45N3. The van der Waals surface area contributed by atoms with Gasteiger partial charge in [0.2, 0.25) is 0 Å². The van der Waals surface area contributed by atoms with E-state index in [4.69, 9.17) is 9.97 Å². The molecule has 0 aliphatic heterocycles. The van der Waals surface area contributed by atoms with Gasteiger partial charge in [0.25, 0.3) is 0 Å². The minimum atomic E-state index is 0.689. The van der Waals surface area contributed by atoms with Gasteiger partial charge in [-0.1, -0.05) is 231 Å². The molecule has 316 valence electrons. The third kappa shape index (κ3) is 8.95. The monoisotopic (exact) mass is 855 g/mol. The first kappa shape index (κ1) is 40.8. The minimum absolute atomic E-state index is 0.689. The van der Waals surface area contributed by atoms with Crippen LogP contribution in [-0.4, -0.2) is 9.97 Å². The van der Waals surface area contributed by atoms with Gasteiger partial charge in [-0.05, 0) is 98.1 Å². The molecule has 67 heavy (non-hydrogen) atoms. The van der Waals surface area contributed by atoms with Crippen LogP contribution in [0.1, 0.15) is 0 Å². The van der Waals surface area contributed by atoms with Crippen LogP contribution in [0.2, 0.25) is 0 Å². The fourth-order valence-electron chi connectivity index (χ4n) is 8.73. The summed E-state index contributed by atoms with van der Waals surface area (Å²) < 4.78 is 0. The van der Waals surface area contributed by atoms with Gasteiger partial charge < -0.3 is 4.90 Å². The van der Waals surface area contributed by atoms with Crippen LogP contribution in [0.5, 0.6) is 0 Å². The summed E-state index contributed by atoms with van der Waals surface area (Å²) in [6.45, 7) is 0. The average Bonchev–Trinajstić information content (AvgIpc) is 3.42. The van der Waals surface area contributed by atoms with Crippen molar-refractivity contribution in [3.8, 4) is 89.5 Å². The number of hydrogen-bond acceptors (Lipinski definition) is 3. The fraction of sp³-hybridized carbons (Fsp3) is 0. The van der Waals surface area contributed by atoms with E-state index < -0.39 is 0 Å². The maximum Gasteiger partial charge on any atom is 0.160 e. The number of anilines is 3. The van der Waals surface area contributed by atoms with Crippen LogP contribution in [0.3, 0.4) is 0 Å². The van der Waals surface area contributed by atoms with Crippen LogP contribution < -0.4 is 4.90 Å². The lowest BCUT2D eigenvalue weighted by atomic mass is 9.99. The molecule has 0 saturated carbocycles. The van der Waals surface area contributed by atoms with Gasteiger partial charge in [0.05, 0.1) is 11.4 Å². The molecule has 0 amide bonds. The largest absolute Gasteiger partial charge is 0.311 e. The number of benzene rings is 10. The van der Waals surface area contributed by atoms with E-state index in [1.807, 2.05) is 12.1 Å². The smallest absolute Gasteiger partial charge is 0.160 e. The van der Waals surface area contributed by atoms with Gasteiger partial charge in [-0.3, -0.25) is 0 Å². The van der Waals surface area contributed by atoms with Crippen molar-refractivity contribution in [2.45, 2.75) is 0 Å². The summed E-state index contributed by atoms with van der Waals surface area (Å²) in [7, 11) is 0. The average molecular weight is 856 g/mol. The van der Waals surface area contributed by atoms with E-state index in [-0.39, 0.29) is 0 Å². The van der Waals surface area contributed by atoms with Crippen LogP contribution in [0, 0.1) is 0 Å². The van der Waals surface area contributed by atoms with E-state index >= 15 is 0 Å². The fourth-order valence-corrected chi connectivity index (χ4v) is 8.73. The number of rotatable bonds is 11. The predicted molar refractivity (Wildman–Crippen MR) is 280 cm³/mol. The molecular weight excluding hydrogens is 811 g/mol. The first-order valence-corrected chi connectivity index (χ1v) is 22.7. The zero-order valence-corrected chi connectivity index (χ0v) is 36.8. The van der Waals surface area contributed by atoms with Gasteiger partial charge in [0, 0.05) is 33.8 Å². The lowest BCUT2D eigenvalue weighted by molar-refractivity contribution is 1.18. The van der Waals surface area contributed by atoms with Crippen LogP contribution in [0.15, 0.2) is 273 Å². The maximum absolute atomic E-state index is 5.18. The molecule has 1 aromatic heterocycles. The second kappa shape index (κ2) is 18.7. The Morgan fingerprint density at radius 1 is 0.194 bits per heavy atom. The lowest BCUT2D eigenvalue weighted by Gasteiger charge is -2.26. The number of nitrogens with zero attached hydrogens (tertiary/aromatic N) is 3. The van der Waals surface area contributed by atoms with E-state index in [1.165, 1.54) is 38.9 Å². The summed E-state index contributed by atoms with van der Waals surface area (Å²) in [6.07, 6.45) is 0. The van der Waals surface area contributed by atoms with Crippen molar-refractivity contribution in [1.82, 2.24) is 9.97 Å². The first-order valence-electron chi connectivity index (χ1n) is 22.7. The molecule has 0 saturated heterocycles.